The molecule has 0 fully saturated rings. The summed E-state index contributed by atoms with van der Waals surface area (Å²) in [6.45, 7) is 7.53. The molecule has 0 radical (unpaired) electrons. The van der Waals surface area contributed by atoms with E-state index in [1.54, 1.807) is 32.2 Å². The molecule has 1 N–H and O–H groups in total. The molecule has 3 aromatic rings. The Morgan fingerprint density at radius 2 is 1.76 bits per heavy atom. The lowest BCUT2D eigenvalue weighted by Crippen LogP contribution is -2.14. The van der Waals surface area contributed by atoms with Crippen LogP contribution < -0.4 is 14.8 Å². The second-order valence-electron chi connectivity index (χ2n) is 8.21. The number of carbonyl (C=O) groups excluding carboxylic acids is 1. The highest BCUT2D eigenvalue weighted by atomic mass is 32.2. The Hall–Kier alpha value is -3.32. The van der Waals surface area contributed by atoms with Crippen LogP contribution in [0.5, 0.6) is 17.4 Å². The van der Waals surface area contributed by atoms with Crippen molar-refractivity contribution in [1.29, 1.82) is 0 Å². The summed E-state index contributed by atoms with van der Waals surface area (Å²) >= 11 is 0. The van der Waals surface area contributed by atoms with E-state index in [0.717, 1.165) is 12.5 Å². The molecule has 2 heterocycles. The minimum atomic E-state index is -3.51. The molecular weight excluding hydrogens is 537 g/mol. The van der Waals surface area contributed by atoms with Crippen molar-refractivity contribution in [3.63, 3.8) is 0 Å². The molecule has 0 unspecified atom stereocenters. The first-order valence-corrected chi connectivity index (χ1v) is 15.3. The van der Waals surface area contributed by atoms with Gasteiger partial charge in [-0.05, 0) is 39.8 Å². The van der Waals surface area contributed by atoms with Gasteiger partial charge in [0.25, 0.3) is 5.91 Å². The SMILES string of the molecule is CCOP(=O)(Cn1ccc(NC(=O)c2cc(Oc3cnc(S(C)(=O)=O)cn3)cc(OC(C)C)c2)n1)OCC. The third-order valence-electron chi connectivity index (χ3n) is 4.57. The van der Waals surface area contributed by atoms with E-state index in [-0.39, 0.29) is 53.6 Å². The van der Waals surface area contributed by atoms with Crippen molar-refractivity contribution in [3.05, 3.63) is 48.4 Å². The molecule has 2 aromatic heterocycles. The summed E-state index contributed by atoms with van der Waals surface area (Å²) in [7, 11) is -6.90. The average Bonchev–Trinajstić information content (AvgIpc) is 3.24. The van der Waals surface area contributed by atoms with Gasteiger partial charge in [0.05, 0.1) is 31.7 Å². The third-order valence-corrected chi connectivity index (χ3v) is 7.48. The van der Waals surface area contributed by atoms with Gasteiger partial charge in [0.1, 0.15) is 17.8 Å². The van der Waals surface area contributed by atoms with E-state index in [0.29, 0.717) is 5.75 Å². The molecule has 13 nitrogen and oxygen atoms in total. The van der Waals surface area contributed by atoms with E-state index in [2.05, 4.69) is 20.4 Å². The van der Waals surface area contributed by atoms with Crippen LogP contribution in [-0.2, 0) is 29.7 Å². The van der Waals surface area contributed by atoms with Crippen LogP contribution in [-0.4, -0.2) is 59.6 Å². The van der Waals surface area contributed by atoms with Gasteiger partial charge in [-0.3, -0.25) is 14.0 Å². The van der Waals surface area contributed by atoms with Crippen molar-refractivity contribution in [2.75, 3.05) is 24.8 Å². The molecule has 0 aliphatic rings. The fourth-order valence-corrected chi connectivity index (χ4v) is 5.18. The number of ether oxygens (including phenoxy) is 2. The summed E-state index contributed by atoms with van der Waals surface area (Å²) < 4.78 is 59.4. The quantitative estimate of drug-likeness (QED) is 0.296. The number of hydrogen-bond acceptors (Lipinski definition) is 11. The zero-order chi connectivity index (χ0) is 27.9. The summed E-state index contributed by atoms with van der Waals surface area (Å²) in [5.74, 6) is 0.315. The highest BCUT2D eigenvalue weighted by Crippen LogP contribution is 2.49. The van der Waals surface area contributed by atoms with Crippen LogP contribution in [0, 0.1) is 0 Å². The number of anilines is 1. The average molecular weight is 568 g/mol. The first-order valence-electron chi connectivity index (χ1n) is 11.7. The fourth-order valence-electron chi connectivity index (χ4n) is 3.16. The van der Waals surface area contributed by atoms with Gasteiger partial charge in [0.2, 0.25) is 5.88 Å². The van der Waals surface area contributed by atoms with Crippen LogP contribution in [0.15, 0.2) is 47.9 Å². The second kappa shape index (κ2) is 12.5. The third kappa shape index (κ3) is 8.35. The number of hydrogen-bond donors (Lipinski definition) is 1. The number of sulfone groups is 1. The zero-order valence-corrected chi connectivity index (χ0v) is 23.4. The van der Waals surface area contributed by atoms with Crippen molar-refractivity contribution in [3.8, 4) is 17.4 Å². The lowest BCUT2D eigenvalue weighted by Gasteiger charge is -2.16. The Balaban J connectivity index is 1.80. The number of rotatable bonds is 13. The number of carbonyl (C=O) groups is 1. The highest BCUT2D eigenvalue weighted by Gasteiger charge is 2.25. The summed E-state index contributed by atoms with van der Waals surface area (Å²) in [6.07, 6.45) is 4.53. The largest absolute Gasteiger partial charge is 0.491 e. The van der Waals surface area contributed by atoms with Gasteiger partial charge in [-0.25, -0.2) is 18.4 Å². The van der Waals surface area contributed by atoms with E-state index in [1.807, 2.05) is 13.8 Å². The van der Waals surface area contributed by atoms with E-state index in [4.69, 9.17) is 18.5 Å². The van der Waals surface area contributed by atoms with E-state index in [1.165, 1.54) is 23.0 Å². The maximum atomic E-state index is 13.0. The second-order valence-corrected chi connectivity index (χ2v) is 12.2. The molecule has 0 saturated carbocycles. The number of nitrogens with one attached hydrogen (secondary N) is 1. The Morgan fingerprint density at radius 3 is 2.34 bits per heavy atom. The summed E-state index contributed by atoms with van der Waals surface area (Å²) in [5.41, 5.74) is 0.197. The molecular formula is C23H30N5O8PS. The Kier molecular flexibility index (Phi) is 9.60. The zero-order valence-electron chi connectivity index (χ0n) is 21.7. The van der Waals surface area contributed by atoms with Gasteiger partial charge in [-0.2, -0.15) is 5.10 Å². The van der Waals surface area contributed by atoms with Gasteiger partial charge < -0.3 is 23.8 Å². The minimum Gasteiger partial charge on any atom is -0.491 e. The van der Waals surface area contributed by atoms with E-state index in [9.17, 15) is 17.8 Å². The highest BCUT2D eigenvalue weighted by molar-refractivity contribution is 7.90. The summed E-state index contributed by atoms with van der Waals surface area (Å²) in [6, 6.07) is 6.11. The van der Waals surface area contributed by atoms with Gasteiger partial charge in [-0.1, -0.05) is 0 Å². The van der Waals surface area contributed by atoms with Crippen molar-refractivity contribution in [2.24, 2.45) is 0 Å². The van der Waals surface area contributed by atoms with E-state index < -0.39 is 23.3 Å². The monoisotopic (exact) mass is 567 g/mol. The topological polar surface area (TPSA) is 161 Å². The molecule has 0 aliphatic heterocycles. The summed E-state index contributed by atoms with van der Waals surface area (Å²) in [5, 5.41) is 6.72. The molecule has 1 aromatic carbocycles. The maximum Gasteiger partial charge on any atom is 0.351 e. The Morgan fingerprint density at radius 1 is 1.08 bits per heavy atom. The van der Waals surface area contributed by atoms with Crippen molar-refractivity contribution in [2.45, 2.75) is 45.1 Å². The predicted octanol–water partition coefficient (Wildman–Crippen LogP) is 4.13. The van der Waals surface area contributed by atoms with Crippen LogP contribution in [0.4, 0.5) is 5.82 Å². The van der Waals surface area contributed by atoms with Crippen LogP contribution in [0.2, 0.25) is 0 Å². The molecule has 15 heteroatoms. The fraction of sp³-hybridized carbons (Fsp3) is 0.391. The van der Waals surface area contributed by atoms with Gasteiger partial charge in [0, 0.05) is 30.1 Å². The Bertz CT molecular complexity index is 1400. The predicted molar refractivity (Wildman–Crippen MR) is 138 cm³/mol. The van der Waals surface area contributed by atoms with Crippen LogP contribution >= 0.6 is 7.60 Å². The standard InChI is InChI=1S/C23H30N5O8PS/c1-6-33-37(30,34-7-2)15-28-9-8-20(27-28)26-23(29)17-10-18(35-16(3)4)12-19(11-17)36-21-13-25-22(14-24-21)38(5,31)32/h8-14,16H,6-7,15H2,1-5H3,(H,26,27,29). The van der Waals surface area contributed by atoms with Gasteiger partial charge in [-0.15, -0.1) is 0 Å². The summed E-state index contributed by atoms with van der Waals surface area (Å²) in [4.78, 5) is 20.9. The smallest absolute Gasteiger partial charge is 0.351 e. The van der Waals surface area contributed by atoms with Crippen molar-refractivity contribution >= 4 is 29.2 Å². The molecule has 38 heavy (non-hydrogen) atoms. The normalized spacial score (nSPS) is 11.9. The lowest BCUT2D eigenvalue weighted by atomic mass is 10.2. The molecule has 1 amide bonds. The molecule has 206 valence electrons. The van der Waals surface area contributed by atoms with Crippen LogP contribution in [0.25, 0.3) is 0 Å². The number of aromatic nitrogens is 4. The maximum absolute atomic E-state index is 13.0. The number of nitrogens with zero attached hydrogens (tertiary/aromatic N) is 4. The molecule has 0 saturated heterocycles. The molecule has 0 aliphatic carbocycles. The lowest BCUT2D eigenvalue weighted by molar-refractivity contribution is 0.102. The van der Waals surface area contributed by atoms with E-state index >= 15 is 0 Å². The first kappa shape index (κ1) is 29.2. The number of amides is 1. The van der Waals surface area contributed by atoms with Crippen LogP contribution in [0.1, 0.15) is 38.1 Å². The molecule has 0 atom stereocenters. The van der Waals surface area contributed by atoms with Gasteiger partial charge in [0.15, 0.2) is 20.7 Å². The minimum absolute atomic E-state index is 0.0252. The van der Waals surface area contributed by atoms with Gasteiger partial charge >= 0.3 is 7.60 Å². The molecule has 0 spiro atoms. The van der Waals surface area contributed by atoms with Crippen molar-refractivity contribution in [1.82, 2.24) is 19.7 Å². The number of benzene rings is 1. The first-order chi connectivity index (χ1) is 17.9. The van der Waals surface area contributed by atoms with Crippen molar-refractivity contribution < 1.29 is 36.3 Å². The molecule has 3 rings (SSSR count). The Labute approximate surface area is 220 Å². The van der Waals surface area contributed by atoms with Crippen LogP contribution in [0.3, 0.4) is 0 Å². The molecule has 0 bridgehead atoms.